The molecule has 0 aliphatic heterocycles. The number of nitrogens with zero attached hydrogens (tertiary/aromatic N) is 1. The standard InChI is InChI=1S/C30H19N/c1-2-9-20(10-3-1)21-11-6-12-22(19-21)31-27-17-7-15-25-23-13-4-5-14-24(23)26-16-8-18-28(31)30(26)29(25)27/h1-19H. The van der Waals surface area contributed by atoms with Crippen LogP contribution in [0.2, 0.25) is 0 Å². The zero-order chi connectivity index (χ0) is 20.4. The molecule has 0 aliphatic rings. The second-order valence-corrected chi connectivity index (χ2v) is 8.20. The molecule has 7 aromatic rings. The van der Waals surface area contributed by atoms with Crippen molar-refractivity contribution in [1.29, 1.82) is 0 Å². The van der Waals surface area contributed by atoms with Crippen molar-refractivity contribution in [3.8, 4) is 16.8 Å². The smallest absolute Gasteiger partial charge is 0.0547 e. The second-order valence-electron chi connectivity index (χ2n) is 8.20. The SMILES string of the molecule is c1ccc(-c2cccc(-n3c4cccc5c6ccccc6c6cccc3c6c54)c2)cc1. The highest BCUT2D eigenvalue weighted by Gasteiger charge is 2.19. The fourth-order valence-electron chi connectivity index (χ4n) is 5.24. The van der Waals surface area contributed by atoms with Gasteiger partial charge in [0.2, 0.25) is 0 Å². The lowest BCUT2D eigenvalue weighted by molar-refractivity contribution is 1.18. The number of benzene rings is 6. The summed E-state index contributed by atoms with van der Waals surface area (Å²) in [7, 11) is 0. The van der Waals surface area contributed by atoms with Crippen LogP contribution in [0.3, 0.4) is 0 Å². The minimum atomic E-state index is 1.20. The summed E-state index contributed by atoms with van der Waals surface area (Å²) in [5, 5.41) is 8.02. The van der Waals surface area contributed by atoms with E-state index in [4.69, 9.17) is 0 Å². The van der Waals surface area contributed by atoms with Gasteiger partial charge >= 0.3 is 0 Å². The van der Waals surface area contributed by atoms with Gasteiger partial charge in [-0.3, -0.25) is 0 Å². The number of fused-ring (bicyclic) bond motifs is 3. The molecule has 0 saturated heterocycles. The molecule has 7 rings (SSSR count). The molecule has 0 bridgehead atoms. The molecule has 144 valence electrons. The maximum absolute atomic E-state index is 2.43. The molecule has 31 heavy (non-hydrogen) atoms. The Morgan fingerprint density at radius 2 is 0.903 bits per heavy atom. The van der Waals surface area contributed by atoms with Crippen molar-refractivity contribution in [3.05, 3.63) is 115 Å². The van der Waals surface area contributed by atoms with Crippen LogP contribution < -0.4 is 0 Å². The topological polar surface area (TPSA) is 4.93 Å². The summed E-state index contributed by atoms with van der Waals surface area (Å²) in [6.45, 7) is 0. The first kappa shape index (κ1) is 16.7. The van der Waals surface area contributed by atoms with Crippen LogP contribution >= 0.6 is 0 Å². The molecule has 0 radical (unpaired) electrons. The molecule has 0 spiro atoms. The molecule has 0 aliphatic carbocycles. The summed E-state index contributed by atoms with van der Waals surface area (Å²) >= 11 is 0. The molecule has 1 heteroatoms. The molecule has 1 nitrogen and oxygen atoms in total. The minimum absolute atomic E-state index is 1.20. The normalized spacial score (nSPS) is 11.9. The molecule has 1 aromatic heterocycles. The van der Waals surface area contributed by atoms with Crippen LogP contribution in [-0.4, -0.2) is 4.57 Å². The highest BCUT2D eigenvalue weighted by molar-refractivity contribution is 6.34. The van der Waals surface area contributed by atoms with Crippen molar-refractivity contribution in [1.82, 2.24) is 4.57 Å². The van der Waals surface area contributed by atoms with E-state index in [9.17, 15) is 0 Å². The van der Waals surface area contributed by atoms with E-state index in [-0.39, 0.29) is 0 Å². The zero-order valence-electron chi connectivity index (χ0n) is 16.9. The summed E-state index contributed by atoms with van der Waals surface area (Å²) in [4.78, 5) is 0. The Hall–Kier alpha value is -4.10. The van der Waals surface area contributed by atoms with Crippen LogP contribution in [0, 0.1) is 0 Å². The molecule has 0 N–H and O–H groups in total. The second kappa shape index (κ2) is 6.20. The third-order valence-electron chi connectivity index (χ3n) is 6.54. The van der Waals surface area contributed by atoms with Gasteiger partial charge in [0.25, 0.3) is 0 Å². The third kappa shape index (κ3) is 2.26. The van der Waals surface area contributed by atoms with Crippen molar-refractivity contribution in [2.24, 2.45) is 0 Å². The van der Waals surface area contributed by atoms with Crippen LogP contribution in [0.15, 0.2) is 115 Å². The maximum Gasteiger partial charge on any atom is 0.0547 e. The summed E-state index contributed by atoms with van der Waals surface area (Å²) in [5.74, 6) is 0. The quantitative estimate of drug-likeness (QED) is 0.261. The van der Waals surface area contributed by atoms with Crippen molar-refractivity contribution in [2.45, 2.75) is 0 Å². The molecule has 0 fully saturated rings. The summed E-state index contributed by atoms with van der Waals surface area (Å²) in [5.41, 5.74) is 6.20. The van der Waals surface area contributed by atoms with Gasteiger partial charge in [-0.1, -0.05) is 91.0 Å². The first-order chi connectivity index (χ1) is 15.4. The van der Waals surface area contributed by atoms with Gasteiger partial charge in [0.1, 0.15) is 0 Å². The molecule has 0 unspecified atom stereocenters. The van der Waals surface area contributed by atoms with Gasteiger partial charge in [0.05, 0.1) is 11.0 Å². The first-order valence-electron chi connectivity index (χ1n) is 10.7. The van der Waals surface area contributed by atoms with Crippen LogP contribution in [0.1, 0.15) is 0 Å². The van der Waals surface area contributed by atoms with E-state index < -0.39 is 0 Å². The average molecular weight is 393 g/mol. The monoisotopic (exact) mass is 393 g/mol. The maximum atomic E-state index is 2.43. The van der Waals surface area contributed by atoms with E-state index >= 15 is 0 Å². The molecular weight excluding hydrogens is 374 g/mol. The summed E-state index contributed by atoms with van der Waals surface area (Å²) in [6.07, 6.45) is 0. The summed E-state index contributed by atoms with van der Waals surface area (Å²) in [6, 6.07) is 41.7. The molecule has 6 aromatic carbocycles. The fourth-order valence-corrected chi connectivity index (χ4v) is 5.24. The predicted molar refractivity (Wildman–Crippen MR) is 132 cm³/mol. The van der Waals surface area contributed by atoms with Gasteiger partial charge in [-0.05, 0) is 56.9 Å². The van der Waals surface area contributed by atoms with Crippen LogP contribution in [-0.2, 0) is 0 Å². The van der Waals surface area contributed by atoms with E-state index in [1.807, 2.05) is 0 Å². The lowest BCUT2D eigenvalue weighted by Crippen LogP contribution is -1.94. The highest BCUT2D eigenvalue weighted by atomic mass is 15.0. The van der Waals surface area contributed by atoms with E-state index in [0.29, 0.717) is 0 Å². The number of hydrogen-bond donors (Lipinski definition) is 0. The Kier molecular flexibility index (Phi) is 3.33. The molecular formula is C30H19N. The average Bonchev–Trinajstić information content (AvgIpc) is 3.19. The van der Waals surface area contributed by atoms with E-state index in [1.54, 1.807) is 0 Å². The third-order valence-corrected chi connectivity index (χ3v) is 6.54. The minimum Gasteiger partial charge on any atom is -0.309 e. The molecule has 0 saturated carbocycles. The number of hydrogen-bond acceptors (Lipinski definition) is 0. The number of aromatic nitrogens is 1. The Morgan fingerprint density at radius 3 is 1.55 bits per heavy atom. The van der Waals surface area contributed by atoms with Gasteiger partial charge in [0.15, 0.2) is 0 Å². The van der Waals surface area contributed by atoms with Crippen molar-refractivity contribution < 1.29 is 0 Å². The zero-order valence-corrected chi connectivity index (χ0v) is 16.9. The van der Waals surface area contributed by atoms with Gasteiger partial charge in [-0.25, -0.2) is 0 Å². The Morgan fingerprint density at radius 1 is 0.387 bits per heavy atom. The van der Waals surface area contributed by atoms with Gasteiger partial charge < -0.3 is 4.57 Å². The van der Waals surface area contributed by atoms with Crippen molar-refractivity contribution in [3.63, 3.8) is 0 Å². The van der Waals surface area contributed by atoms with Crippen molar-refractivity contribution in [2.75, 3.05) is 0 Å². The first-order valence-corrected chi connectivity index (χ1v) is 10.7. The van der Waals surface area contributed by atoms with Crippen LogP contribution in [0.25, 0.3) is 60.2 Å². The lowest BCUT2D eigenvalue weighted by Gasteiger charge is -2.10. The molecule has 0 atom stereocenters. The Bertz CT molecular complexity index is 1630. The highest BCUT2D eigenvalue weighted by Crippen LogP contribution is 2.43. The lowest BCUT2D eigenvalue weighted by atomic mass is 9.95. The van der Waals surface area contributed by atoms with E-state index in [2.05, 4.69) is 120 Å². The molecule has 0 amide bonds. The number of rotatable bonds is 2. The fraction of sp³-hybridized carbons (Fsp3) is 0. The van der Waals surface area contributed by atoms with E-state index in [1.165, 1.54) is 60.2 Å². The Balaban J connectivity index is 1.64. The predicted octanol–water partition coefficient (Wildman–Crippen LogP) is 8.19. The van der Waals surface area contributed by atoms with Crippen LogP contribution in [0.5, 0.6) is 0 Å². The van der Waals surface area contributed by atoms with Gasteiger partial charge in [0, 0.05) is 16.5 Å². The van der Waals surface area contributed by atoms with Crippen molar-refractivity contribution >= 4 is 43.4 Å². The van der Waals surface area contributed by atoms with Gasteiger partial charge in [-0.15, -0.1) is 0 Å². The van der Waals surface area contributed by atoms with Gasteiger partial charge in [-0.2, -0.15) is 0 Å². The van der Waals surface area contributed by atoms with Crippen LogP contribution in [0.4, 0.5) is 0 Å². The largest absolute Gasteiger partial charge is 0.309 e. The summed E-state index contributed by atoms with van der Waals surface area (Å²) < 4.78 is 2.43. The van der Waals surface area contributed by atoms with E-state index in [0.717, 1.165) is 0 Å². The Labute approximate surface area is 180 Å². The molecule has 1 heterocycles.